The fourth-order valence-corrected chi connectivity index (χ4v) is 4.93. The molecule has 0 aliphatic carbocycles. The summed E-state index contributed by atoms with van der Waals surface area (Å²) < 4.78 is 11.7. The van der Waals surface area contributed by atoms with Crippen LogP contribution in [0.15, 0.2) is 0 Å². The van der Waals surface area contributed by atoms with Crippen LogP contribution in [0.25, 0.3) is 0 Å². The maximum atomic E-state index is 13.1. The summed E-state index contributed by atoms with van der Waals surface area (Å²) in [6, 6.07) is 0. The predicted octanol–water partition coefficient (Wildman–Crippen LogP) is 9.26. The maximum Gasteiger partial charge on any atom is 0.309 e. The molecule has 0 heterocycles. The van der Waals surface area contributed by atoms with E-state index in [4.69, 9.17) is 9.47 Å². The maximum absolute atomic E-state index is 13.1. The lowest BCUT2D eigenvalue weighted by molar-refractivity contribution is -0.162. The Hall–Kier alpha value is -1.10. The Morgan fingerprint density at radius 1 is 0.605 bits per heavy atom. The Balaban J connectivity index is 4.80. The fourth-order valence-electron chi connectivity index (χ4n) is 4.93. The summed E-state index contributed by atoms with van der Waals surface area (Å²) in [6.07, 6.45) is 23.8. The zero-order valence-corrected chi connectivity index (χ0v) is 26.2. The Kier molecular flexibility index (Phi) is 26.7. The van der Waals surface area contributed by atoms with Crippen molar-refractivity contribution < 1.29 is 19.1 Å². The number of carbonyl (C=O) groups excluding carboxylic acids is 2. The average molecular weight is 540 g/mol. The van der Waals surface area contributed by atoms with Gasteiger partial charge in [-0.25, -0.2) is 0 Å². The van der Waals surface area contributed by atoms with Crippen molar-refractivity contribution in [1.82, 2.24) is 4.90 Å². The van der Waals surface area contributed by atoms with E-state index >= 15 is 0 Å². The minimum Gasteiger partial charge on any atom is -0.462 e. The Bertz CT molecular complexity index is 523. The monoisotopic (exact) mass is 539 g/mol. The molecule has 226 valence electrons. The van der Waals surface area contributed by atoms with Gasteiger partial charge in [0.1, 0.15) is 12.7 Å². The van der Waals surface area contributed by atoms with Gasteiger partial charge in [0.2, 0.25) is 0 Å². The van der Waals surface area contributed by atoms with Gasteiger partial charge in [-0.05, 0) is 59.2 Å². The largest absolute Gasteiger partial charge is 0.462 e. The molecule has 0 fully saturated rings. The fraction of sp³-hybridized carbons (Fsp3) is 0.939. The third kappa shape index (κ3) is 24.0. The summed E-state index contributed by atoms with van der Waals surface area (Å²) in [5.41, 5.74) is 0. The van der Waals surface area contributed by atoms with Crippen LogP contribution >= 0.6 is 0 Å². The van der Waals surface area contributed by atoms with Gasteiger partial charge in [0, 0.05) is 6.42 Å². The highest BCUT2D eigenvalue weighted by molar-refractivity contribution is 5.72. The molecule has 0 radical (unpaired) electrons. The number of unbranched alkanes of at least 4 members (excludes halogenated alkanes) is 14. The van der Waals surface area contributed by atoms with E-state index in [1.807, 2.05) is 14.1 Å². The van der Waals surface area contributed by atoms with Gasteiger partial charge in [-0.15, -0.1) is 0 Å². The standard InChI is InChI=1S/C33H65NO4/c1-6-9-12-15-18-21-26-31(38-32(35)27-22-23-28-34(4)5)29-37-33(36)30(24-19-16-13-10-7-2)25-20-17-14-11-8-3/h30-31H,6-29H2,1-5H3. The van der Waals surface area contributed by atoms with Gasteiger partial charge in [0.15, 0.2) is 0 Å². The van der Waals surface area contributed by atoms with Crippen LogP contribution in [-0.4, -0.2) is 50.2 Å². The summed E-state index contributed by atoms with van der Waals surface area (Å²) in [4.78, 5) is 27.8. The van der Waals surface area contributed by atoms with E-state index in [1.165, 1.54) is 77.0 Å². The van der Waals surface area contributed by atoms with Gasteiger partial charge >= 0.3 is 11.9 Å². The highest BCUT2D eigenvalue weighted by Crippen LogP contribution is 2.21. The lowest BCUT2D eigenvalue weighted by Gasteiger charge is -2.21. The van der Waals surface area contributed by atoms with Gasteiger partial charge in [-0.3, -0.25) is 9.59 Å². The third-order valence-corrected chi connectivity index (χ3v) is 7.47. The van der Waals surface area contributed by atoms with Crippen molar-refractivity contribution in [2.75, 3.05) is 27.2 Å². The second-order valence-electron chi connectivity index (χ2n) is 11.7. The molecule has 0 amide bonds. The molecule has 0 aliphatic heterocycles. The van der Waals surface area contributed by atoms with Crippen LogP contribution < -0.4 is 0 Å². The molecule has 0 aromatic rings. The van der Waals surface area contributed by atoms with Gasteiger partial charge in [-0.2, -0.15) is 0 Å². The van der Waals surface area contributed by atoms with Crippen LogP contribution in [-0.2, 0) is 19.1 Å². The van der Waals surface area contributed by atoms with E-state index < -0.39 is 0 Å². The Morgan fingerprint density at radius 3 is 1.58 bits per heavy atom. The molecule has 1 atom stereocenters. The van der Waals surface area contributed by atoms with Crippen LogP contribution in [0, 0.1) is 5.92 Å². The van der Waals surface area contributed by atoms with Crippen LogP contribution in [0.4, 0.5) is 0 Å². The van der Waals surface area contributed by atoms with Crippen LogP contribution in [0.5, 0.6) is 0 Å². The first-order chi connectivity index (χ1) is 18.4. The Morgan fingerprint density at radius 2 is 1.08 bits per heavy atom. The van der Waals surface area contributed by atoms with Crippen molar-refractivity contribution >= 4 is 11.9 Å². The third-order valence-electron chi connectivity index (χ3n) is 7.47. The molecule has 5 heteroatoms. The normalized spacial score (nSPS) is 12.3. The molecular formula is C33H65NO4. The molecule has 0 aromatic carbocycles. The topological polar surface area (TPSA) is 55.8 Å². The van der Waals surface area contributed by atoms with Crippen LogP contribution in [0.2, 0.25) is 0 Å². The van der Waals surface area contributed by atoms with E-state index in [-0.39, 0.29) is 30.6 Å². The number of ether oxygens (including phenoxy) is 2. The summed E-state index contributed by atoms with van der Waals surface area (Å²) in [6.45, 7) is 7.87. The van der Waals surface area contributed by atoms with Crippen LogP contribution in [0.3, 0.4) is 0 Å². The van der Waals surface area contributed by atoms with Crippen molar-refractivity contribution in [2.45, 2.75) is 168 Å². The number of carbonyl (C=O) groups is 2. The molecule has 5 nitrogen and oxygen atoms in total. The van der Waals surface area contributed by atoms with Gasteiger partial charge in [-0.1, -0.05) is 117 Å². The van der Waals surface area contributed by atoms with E-state index in [1.54, 1.807) is 0 Å². The van der Waals surface area contributed by atoms with E-state index in [9.17, 15) is 9.59 Å². The molecular weight excluding hydrogens is 474 g/mol. The number of nitrogens with zero attached hydrogens (tertiary/aromatic N) is 1. The zero-order chi connectivity index (χ0) is 28.3. The first-order valence-corrected chi connectivity index (χ1v) is 16.4. The highest BCUT2D eigenvalue weighted by atomic mass is 16.6. The highest BCUT2D eigenvalue weighted by Gasteiger charge is 2.22. The molecule has 0 rings (SSSR count). The van der Waals surface area contributed by atoms with Gasteiger partial charge in [0.25, 0.3) is 0 Å². The SMILES string of the molecule is CCCCCCCCC(COC(=O)C(CCCCCCC)CCCCCCC)OC(=O)CCCCN(C)C. The lowest BCUT2D eigenvalue weighted by Crippen LogP contribution is -2.28. The molecule has 0 aromatic heterocycles. The average Bonchev–Trinajstić information content (AvgIpc) is 2.89. The zero-order valence-electron chi connectivity index (χ0n) is 26.2. The van der Waals surface area contributed by atoms with Crippen molar-refractivity contribution in [3.8, 4) is 0 Å². The second kappa shape index (κ2) is 27.5. The molecule has 0 N–H and O–H groups in total. The summed E-state index contributed by atoms with van der Waals surface area (Å²) in [5, 5.41) is 0. The molecule has 0 spiro atoms. The van der Waals surface area contributed by atoms with E-state index in [0.29, 0.717) is 6.42 Å². The molecule has 0 saturated carbocycles. The second-order valence-corrected chi connectivity index (χ2v) is 11.7. The Labute approximate surface area is 237 Å². The van der Waals surface area contributed by atoms with E-state index in [0.717, 1.165) is 64.3 Å². The molecule has 0 bridgehead atoms. The van der Waals surface area contributed by atoms with Crippen molar-refractivity contribution in [3.05, 3.63) is 0 Å². The quantitative estimate of drug-likeness (QED) is 0.0732. The first-order valence-electron chi connectivity index (χ1n) is 16.4. The molecule has 38 heavy (non-hydrogen) atoms. The number of hydrogen-bond acceptors (Lipinski definition) is 5. The first kappa shape index (κ1) is 36.9. The van der Waals surface area contributed by atoms with Gasteiger partial charge in [0.05, 0.1) is 5.92 Å². The lowest BCUT2D eigenvalue weighted by atomic mass is 9.94. The summed E-state index contributed by atoms with van der Waals surface area (Å²) >= 11 is 0. The molecule has 0 saturated heterocycles. The van der Waals surface area contributed by atoms with Crippen molar-refractivity contribution in [3.63, 3.8) is 0 Å². The minimum atomic E-state index is -0.318. The van der Waals surface area contributed by atoms with Gasteiger partial charge < -0.3 is 14.4 Å². The van der Waals surface area contributed by atoms with Crippen LogP contribution in [0.1, 0.15) is 162 Å². The van der Waals surface area contributed by atoms with E-state index in [2.05, 4.69) is 25.7 Å². The number of hydrogen-bond donors (Lipinski definition) is 0. The molecule has 1 unspecified atom stereocenters. The number of esters is 2. The minimum absolute atomic E-state index is 0.0188. The predicted molar refractivity (Wildman–Crippen MR) is 161 cm³/mol. The summed E-state index contributed by atoms with van der Waals surface area (Å²) in [5.74, 6) is -0.250. The van der Waals surface area contributed by atoms with Crippen molar-refractivity contribution in [2.24, 2.45) is 5.92 Å². The summed E-state index contributed by atoms with van der Waals surface area (Å²) in [7, 11) is 4.10. The molecule has 0 aliphatic rings. The smallest absolute Gasteiger partial charge is 0.309 e. The van der Waals surface area contributed by atoms with Crippen molar-refractivity contribution in [1.29, 1.82) is 0 Å². The number of rotatable bonds is 28.